The molecule has 1 heterocycles. The lowest BCUT2D eigenvalue weighted by Crippen LogP contribution is -2.26. The molecular formula is C17H21F3N4O. The third-order valence-corrected chi connectivity index (χ3v) is 3.66. The van der Waals surface area contributed by atoms with Crippen molar-refractivity contribution in [2.75, 3.05) is 27.2 Å². The number of nitrogens with one attached hydrogen (secondary N) is 1. The van der Waals surface area contributed by atoms with Crippen molar-refractivity contribution in [2.45, 2.75) is 19.6 Å². The van der Waals surface area contributed by atoms with Gasteiger partial charge in [-0.25, -0.2) is 0 Å². The summed E-state index contributed by atoms with van der Waals surface area (Å²) in [4.78, 5) is 2.05. The van der Waals surface area contributed by atoms with Crippen LogP contribution in [0.1, 0.15) is 16.8 Å². The topological polar surface area (TPSA) is 61.3 Å². The van der Waals surface area contributed by atoms with Crippen LogP contribution in [0, 0.1) is 6.92 Å². The molecule has 0 saturated carbocycles. The molecule has 25 heavy (non-hydrogen) atoms. The highest BCUT2D eigenvalue weighted by Gasteiger charge is 2.32. The van der Waals surface area contributed by atoms with Crippen molar-refractivity contribution in [1.29, 1.82) is 0 Å². The van der Waals surface area contributed by atoms with E-state index in [0.717, 1.165) is 19.2 Å². The van der Waals surface area contributed by atoms with E-state index < -0.39 is 17.5 Å². The highest BCUT2D eigenvalue weighted by Crippen LogP contribution is 2.38. The summed E-state index contributed by atoms with van der Waals surface area (Å²) in [6.45, 7) is 3.74. The first-order valence-electron chi connectivity index (χ1n) is 7.77. The molecule has 0 aliphatic heterocycles. The lowest BCUT2D eigenvalue weighted by molar-refractivity contribution is -0.137. The molecule has 0 bridgehead atoms. The number of benzene rings is 1. The number of aromatic nitrogens is 2. The summed E-state index contributed by atoms with van der Waals surface area (Å²) in [6, 6.07) is 5.08. The molecule has 0 aliphatic rings. The number of phenols is 1. The largest absolute Gasteiger partial charge is 0.507 e. The molecule has 0 aliphatic carbocycles. The van der Waals surface area contributed by atoms with E-state index in [1.54, 1.807) is 12.1 Å². The van der Waals surface area contributed by atoms with E-state index in [-0.39, 0.29) is 5.56 Å². The van der Waals surface area contributed by atoms with Crippen LogP contribution in [0.5, 0.6) is 5.75 Å². The predicted molar refractivity (Wildman–Crippen MR) is 89.1 cm³/mol. The molecule has 0 fully saturated rings. The summed E-state index contributed by atoms with van der Waals surface area (Å²) in [5.74, 6) is -0.460. The Kier molecular flexibility index (Phi) is 5.97. The highest BCUT2D eigenvalue weighted by molar-refractivity contribution is 5.71. The van der Waals surface area contributed by atoms with E-state index in [4.69, 9.17) is 0 Å². The maximum atomic E-state index is 12.8. The Morgan fingerprint density at radius 2 is 1.88 bits per heavy atom. The van der Waals surface area contributed by atoms with Crippen molar-refractivity contribution in [2.24, 2.45) is 0 Å². The van der Waals surface area contributed by atoms with E-state index in [1.165, 1.54) is 6.92 Å². The predicted octanol–water partition coefficient (Wildman–Crippen LogP) is 2.83. The average Bonchev–Trinajstić information content (AvgIpc) is 2.51. The lowest BCUT2D eigenvalue weighted by Gasteiger charge is -2.13. The second kappa shape index (κ2) is 7.79. The van der Waals surface area contributed by atoms with Gasteiger partial charge in [0.05, 0.1) is 17.0 Å². The molecule has 2 rings (SSSR count). The Balaban J connectivity index is 2.14. The minimum Gasteiger partial charge on any atom is -0.507 e. The summed E-state index contributed by atoms with van der Waals surface area (Å²) in [7, 11) is 3.96. The van der Waals surface area contributed by atoms with Gasteiger partial charge in [-0.3, -0.25) is 0 Å². The lowest BCUT2D eigenvalue weighted by atomic mass is 10.0. The summed E-state index contributed by atoms with van der Waals surface area (Å²) in [5.41, 5.74) is 0.708. The van der Waals surface area contributed by atoms with Gasteiger partial charge < -0.3 is 15.3 Å². The molecule has 2 N–H and O–H groups in total. The first-order chi connectivity index (χ1) is 11.7. The van der Waals surface area contributed by atoms with E-state index >= 15 is 0 Å². The van der Waals surface area contributed by atoms with Crippen LogP contribution >= 0.6 is 0 Å². The molecular weight excluding hydrogens is 333 g/mol. The maximum Gasteiger partial charge on any atom is 0.416 e. The van der Waals surface area contributed by atoms with Crippen LogP contribution in [-0.2, 0) is 12.7 Å². The molecule has 5 nitrogen and oxygen atoms in total. The molecule has 0 unspecified atom stereocenters. The van der Waals surface area contributed by atoms with Crippen LogP contribution in [0.2, 0.25) is 0 Å². The van der Waals surface area contributed by atoms with Gasteiger partial charge in [-0.1, -0.05) is 0 Å². The fourth-order valence-electron chi connectivity index (χ4n) is 2.37. The number of nitrogens with zero attached hydrogens (tertiary/aromatic N) is 3. The Morgan fingerprint density at radius 1 is 1.16 bits per heavy atom. The molecule has 0 spiro atoms. The smallest absolute Gasteiger partial charge is 0.416 e. The molecule has 8 heteroatoms. The second-order valence-electron chi connectivity index (χ2n) is 6.07. The van der Waals surface area contributed by atoms with Crippen LogP contribution in [0.25, 0.3) is 11.3 Å². The fourth-order valence-corrected chi connectivity index (χ4v) is 2.37. The minimum absolute atomic E-state index is 0.257. The molecule has 0 amide bonds. The first-order valence-corrected chi connectivity index (χ1v) is 7.77. The van der Waals surface area contributed by atoms with Crippen molar-refractivity contribution < 1.29 is 18.3 Å². The van der Waals surface area contributed by atoms with E-state index in [9.17, 15) is 18.3 Å². The third-order valence-electron chi connectivity index (χ3n) is 3.66. The van der Waals surface area contributed by atoms with Crippen molar-refractivity contribution in [3.63, 3.8) is 0 Å². The average molecular weight is 354 g/mol. The van der Waals surface area contributed by atoms with Crippen molar-refractivity contribution in [3.05, 3.63) is 41.1 Å². The summed E-state index contributed by atoms with van der Waals surface area (Å²) in [5, 5.41) is 21.3. The number of phenolic OH excluding ortho intramolecular Hbond substituents is 1. The number of aryl methyl sites for hydroxylation is 1. The van der Waals surface area contributed by atoms with Crippen molar-refractivity contribution >= 4 is 0 Å². The van der Waals surface area contributed by atoms with E-state index in [2.05, 4.69) is 20.4 Å². The number of likely N-dealkylation sites (N-methyl/N-ethyl adjacent to an activating group) is 1. The first kappa shape index (κ1) is 19.1. The molecule has 0 atom stereocenters. The number of hydrogen-bond acceptors (Lipinski definition) is 5. The van der Waals surface area contributed by atoms with Crippen LogP contribution in [0.15, 0.2) is 24.3 Å². The normalized spacial score (nSPS) is 12.0. The highest BCUT2D eigenvalue weighted by atomic mass is 19.4. The quantitative estimate of drug-likeness (QED) is 0.781. The van der Waals surface area contributed by atoms with Gasteiger partial charge in [0.1, 0.15) is 5.75 Å². The van der Waals surface area contributed by atoms with Crippen LogP contribution in [0.3, 0.4) is 0 Å². The maximum absolute atomic E-state index is 12.8. The van der Waals surface area contributed by atoms with Gasteiger partial charge in [0, 0.05) is 25.2 Å². The summed E-state index contributed by atoms with van der Waals surface area (Å²) in [6.07, 6.45) is -4.51. The number of aromatic hydroxyl groups is 1. The zero-order valence-electron chi connectivity index (χ0n) is 14.4. The second-order valence-corrected chi connectivity index (χ2v) is 6.07. The van der Waals surface area contributed by atoms with Gasteiger partial charge in [0.15, 0.2) is 0 Å². The van der Waals surface area contributed by atoms with Crippen LogP contribution in [0.4, 0.5) is 13.2 Å². The zero-order valence-corrected chi connectivity index (χ0v) is 14.4. The molecule has 1 aromatic carbocycles. The SMILES string of the molecule is Cc1cc(C(F)(F)F)cc(O)c1-c1ccc(CNCCN(C)C)nn1. The van der Waals surface area contributed by atoms with Crippen LogP contribution < -0.4 is 5.32 Å². The Labute approximate surface area is 144 Å². The van der Waals surface area contributed by atoms with Gasteiger partial charge in [-0.05, 0) is 50.8 Å². The molecule has 136 valence electrons. The standard InChI is InChI=1S/C17H21F3N4O/c1-11-8-12(17(18,19)20)9-15(25)16(11)14-5-4-13(22-23-14)10-21-6-7-24(2)3/h4-5,8-9,21,25H,6-7,10H2,1-3H3. The number of hydrogen-bond donors (Lipinski definition) is 2. The van der Waals surface area contributed by atoms with Crippen molar-refractivity contribution in [1.82, 2.24) is 20.4 Å². The number of rotatable bonds is 6. The van der Waals surface area contributed by atoms with Gasteiger partial charge >= 0.3 is 6.18 Å². The van der Waals surface area contributed by atoms with Gasteiger partial charge in [0.25, 0.3) is 0 Å². The van der Waals surface area contributed by atoms with Gasteiger partial charge in [-0.15, -0.1) is 0 Å². The van der Waals surface area contributed by atoms with Gasteiger partial charge in [0.2, 0.25) is 0 Å². The van der Waals surface area contributed by atoms with Crippen LogP contribution in [-0.4, -0.2) is 47.4 Å². The van der Waals surface area contributed by atoms with Crippen molar-refractivity contribution in [3.8, 4) is 17.0 Å². The summed E-state index contributed by atoms with van der Waals surface area (Å²) < 4.78 is 38.4. The monoisotopic (exact) mass is 354 g/mol. The molecule has 2 aromatic rings. The minimum atomic E-state index is -4.51. The molecule has 0 saturated heterocycles. The van der Waals surface area contributed by atoms with E-state index in [0.29, 0.717) is 29.6 Å². The Bertz CT molecular complexity index is 692. The molecule has 1 aromatic heterocycles. The van der Waals surface area contributed by atoms with Gasteiger partial charge in [-0.2, -0.15) is 23.4 Å². The Hall–Kier alpha value is -2.19. The summed E-state index contributed by atoms with van der Waals surface area (Å²) >= 11 is 0. The Morgan fingerprint density at radius 3 is 2.40 bits per heavy atom. The van der Waals surface area contributed by atoms with E-state index in [1.807, 2.05) is 14.1 Å². The third kappa shape index (κ3) is 5.14. The zero-order chi connectivity index (χ0) is 18.6. The molecule has 0 radical (unpaired) electrons. The number of alkyl halides is 3. The number of halogens is 3. The fraction of sp³-hybridized carbons (Fsp3) is 0.412.